The predicted molar refractivity (Wildman–Crippen MR) is 86.7 cm³/mol. The summed E-state index contributed by atoms with van der Waals surface area (Å²) in [5.41, 5.74) is 0.498. The summed E-state index contributed by atoms with van der Waals surface area (Å²) in [7, 11) is 1.54. The number of rotatable bonds is 6. The number of benzene rings is 1. The second kappa shape index (κ2) is 7.52. The molecule has 2 aromatic rings. The molecule has 0 bridgehead atoms. The van der Waals surface area contributed by atoms with Crippen molar-refractivity contribution < 1.29 is 18.3 Å². The van der Waals surface area contributed by atoms with E-state index in [4.69, 9.17) is 4.74 Å². The van der Waals surface area contributed by atoms with Crippen molar-refractivity contribution in [3.05, 3.63) is 53.5 Å². The van der Waals surface area contributed by atoms with E-state index >= 15 is 0 Å². The number of halogens is 2. The van der Waals surface area contributed by atoms with E-state index in [1.807, 2.05) is 0 Å². The van der Waals surface area contributed by atoms with E-state index in [1.54, 1.807) is 6.07 Å². The number of hydrogen-bond acceptors (Lipinski definition) is 4. The van der Waals surface area contributed by atoms with Crippen LogP contribution < -0.4 is 5.32 Å². The quantitative estimate of drug-likeness (QED) is 0.871. The van der Waals surface area contributed by atoms with E-state index in [0.717, 1.165) is 12.8 Å². The Labute approximate surface area is 143 Å². The Balaban J connectivity index is 1.75. The summed E-state index contributed by atoms with van der Waals surface area (Å²) in [6, 6.07) is 4.78. The third kappa shape index (κ3) is 4.27. The molecular weight excluding hydrogens is 330 g/mol. The van der Waals surface area contributed by atoms with Crippen LogP contribution in [0.2, 0.25) is 0 Å². The number of hydrogen-bond donors (Lipinski definition) is 1. The molecule has 1 aliphatic carbocycles. The molecule has 6 nitrogen and oxygen atoms in total. The third-order valence-electron chi connectivity index (χ3n) is 3.89. The van der Waals surface area contributed by atoms with E-state index in [2.05, 4.69) is 15.3 Å². The number of ether oxygens (including phenoxy) is 1. The normalized spacial score (nSPS) is 13.6. The minimum absolute atomic E-state index is 0.0284. The first-order chi connectivity index (χ1) is 12.1. The summed E-state index contributed by atoms with van der Waals surface area (Å²) in [5, 5.41) is 2.66. The average Bonchev–Trinajstić information content (AvgIpc) is 3.40. The third-order valence-corrected chi connectivity index (χ3v) is 3.89. The molecule has 0 atom stereocenters. The van der Waals surface area contributed by atoms with Gasteiger partial charge in [0.1, 0.15) is 23.8 Å². The van der Waals surface area contributed by atoms with Gasteiger partial charge in [-0.25, -0.2) is 23.5 Å². The van der Waals surface area contributed by atoms with Gasteiger partial charge in [0.2, 0.25) is 0 Å². The highest BCUT2D eigenvalue weighted by Crippen LogP contribution is 2.30. The average molecular weight is 348 g/mol. The van der Waals surface area contributed by atoms with Crippen LogP contribution in [0.1, 0.15) is 24.1 Å². The molecule has 0 aliphatic heterocycles. The number of nitrogens with zero attached hydrogens (tertiary/aromatic N) is 3. The molecule has 1 aromatic carbocycles. The van der Waals surface area contributed by atoms with Crippen LogP contribution in [0.3, 0.4) is 0 Å². The van der Waals surface area contributed by atoms with Crippen molar-refractivity contribution in [3.8, 4) is 0 Å². The van der Waals surface area contributed by atoms with Crippen molar-refractivity contribution in [2.75, 3.05) is 12.4 Å². The Bertz CT molecular complexity index is 748. The van der Waals surface area contributed by atoms with E-state index < -0.39 is 17.7 Å². The molecule has 0 spiro atoms. The smallest absolute Gasteiger partial charge is 0.323 e. The Kier molecular flexibility index (Phi) is 5.18. The van der Waals surface area contributed by atoms with Crippen molar-refractivity contribution in [1.29, 1.82) is 0 Å². The highest BCUT2D eigenvalue weighted by atomic mass is 19.1. The molecule has 2 amide bonds. The topological polar surface area (TPSA) is 67.3 Å². The van der Waals surface area contributed by atoms with Gasteiger partial charge in [-0.2, -0.15) is 0 Å². The second-order valence-corrected chi connectivity index (χ2v) is 5.82. The summed E-state index contributed by atoms with van der Waals surface area (Å²) in [6.07, 6.45) is 2.94. The zero-order valence-electron chi connectivity index (χ0n) is 13.7. The number of methoxy groups -OCH3 is 1. The van der Waals surface area contributed by atoms with Gasteiger partial charge in [-0.15, -0.1) is 0 Å². The molecule has 1 fully saturated rings. The minimum Gasteiger partial charge on any atom is -0.378 e. The molecule has 8 heteroatoms. The summed E-state index contributed by atoms with van der Waals surface area (Å²) >= 11 is 0. The van der Waals surface area contributed by atoms with Crippen molar-refractivity contribution in [2.45, 2.75) is 32.0 Å². The zero-order chi connectivity index (χ0) is 17.8. The SMILES string of the molecule is COCc1cc(NC(=O)N(Cc2c(F)cccc2F)C2CC2)ncn1. The van der Waals surface area contributed by atoms with Gasteiger partial charge in [-0.05, 0) is 25.0 Å². The summed E-state index contributed by atoms with van der Waals surface area (Å²) in [6.45, 7) is 0.156. The minimum atomic E-state index is -0.664. The van der Waals surface area contributed by atoms with Gasteiger partial charge in [-0.1, -0.05) is 6.07 Å². The highest BCUT2D eigenvalue weighted by Gasteiger charge is 2.34. The van der Waals surface area contributed by atoms with Gasteiger partial charge in [0.25, 0.3) is 0 Å². The van der Waals surface area contributed by atoms with Crippen LogP contribution in [-0.4, -0.2) is 34.1 Å². The lowest BCUT2D eigenvalue weighted by molar-refractivity contribution is 0.181. The second-order valence-electron chi connectivity index (χ2n) is 5.82. The van der Waals surface area contributed by atoms with Crippen LogP contribution in [0.25, 0.3) is 0 Å². The first kappa shape index (κ1) is 17.2. The van der Waals surface area contributed by atoms with E-state index in [9.17, 15) is 13.6 Å². The van der Waals surface area contributed by atoms with Crippen LogP contribution >= 0.6 is 0 Å². The molecule has 1 aromatic heterocycles. The molecule has 0 saturated heterocycles. The van der Waals surface area contributed by atoms with Crippen LogP contribution in [0, 0.1) is 11.6 Å². The molecule has 132 valence electrons. The van der Waals surface area contributed by atoms with Crippen molar-refractivity contribution in [2.24, 2.45) is 0 Å². The van der Waals surface area contributed by atoms with E-state index in [-0.39, 0.29) is 24.8 Å². The fraction of sp³-hybridized carbons (Fsp3) is 0.353. The molecule has 1 N–H and O–H groups in total. The number of aromatic nitrogens is 2. The summed E-state index contributed by atoms with van der Waals surface area (Å²) in [4.78, 5) is 22.0. The first-order valence-corrected chi connectivity index (χ1v) is 7.89. The first-order valence-electron chi connectivity index (χ1n) is 7.89. The largest absolute Gasteiger partial charge is 0.378 e. The monoisotopic (exact) mass is 348 g/mol. The summed E-state index contributed by atoms with van der Waals surface area (Å²) < 4.78 is 32.8. The van der Waals surface area contributed by atoms with Crippen molar-refractivity contribution in [1.82, 2.24) is 14.9 Å². The van der Waals surface area contributed by atoms with Crippen LogP contribution in [0.4, 0.5) is 19.4 Å². The maximum atomic E-state index is 13.9. The summed E-state index contributed by atoms with van der Waals surface area (Å²) in [5.74, 6) is -1.02. The molecule has 0 unspecified atom stereocenters. The van der Waals surface area contributed by atoms with Gasteiger partial charge in [0.15, 0.2) is 0 Å². The van der Waals surface area contributed by atoms with E-state index in [0.29, 0.717) is 11.5 Å². The van der Waals surface area contributed by atoms with Gasteiger partial charge in [-0.3, -0.25) is 5.32 Å². The fourth-order valence-corrected chi connectivity index (χ4v) is 2.48. The van der Waals surface area contributed by atoms with Crippen molar-refractivity contribution >= 4 is 11.8 Å². The van der Waals surface area contributed by atoms with Crippen molar-refractivity contribution in [3.63, 3.8) is 0 Å². The Morgan fingerprint density at radius 2 is 2.04 bits per heavy atom. The van der Waals surface area contributed by atoms with Gasteiger partial charge >= 0.3 is 6.03 Å². The molecular formula is C17H18F2N4O2. The fourth-order valence-electron chi connectivity index (χ4n) is 2.48. The molecule has 1 saturated carbocycles. The number of amides is 2. The molecule has 1 heterocycles. The predicted octanol–water partition coefficient (Wildman–Crippen LogP) is 3.10. The number of anilines is 1. The number of urea groups is 1. The lowest BCUT2D eigenvalue weighted by Gasteiger charge is -2.23. The standard InChI is InChI=1S/C17H18F2N4O2/c1-25-9-11-7-16(21-10-20-11)22-17(24)23(12-5-6-12)8-13-14(18)3-2-4-15(13)19/h2-4,7,10,12H,5-6,8-9H2,1H3,(H,20,21,22,24). The lowest BCUT2D eigenvalue weighted by atomic mass is 10.2. The Hall–Kier alpha value is -2.61. The zero-order valence-corrected chi connectivity index (χ0v) is 13.7. The van der Waals surface area contributed by atoms with Crippen LogP contribution in [0.15, 0.2) is 30.6 Å². The lowest BCUT2D eigenvalue weighted by Crippen LogP contribution is -2.37. The number of carbonyl (C=O) groups excluding carboxylic acids is 1. The Morgan fingerprint density at radius 3 is 2.68 bits per heavy atom. The molecule has 0 radical (unpaired) electrons. The van der Waals surface area contributed by atoms with E-state index in [1.165, 1.54) is 36.5 Å². The van der Waals surface area contributed by atoms with Gasteiger partial charge < -0.3 is 9.64 Å². The number of carbonyl (C=O) groups is 1. The van der Waals surface area contributed by atoms with Crippen LogP contribution in [0.5, 0.6) is 0 Å². The van der Waals surface area contributed by atoms with Gasteiger partial charge in [0, 0.05) is 24.8 Å². The number of nitrogens with one attached hydrogen (secondary N) is 1. The molecule has 1 aliphatic rings. The Morgan fingerprint density at radius 1 is 1.32 bits per heavy atom. The maximum Gasteiger partial charge on any atom is 0.323 e. The van der Waals surface area contributed by atoms with Gasteiger partial charge in [0.05, 0.1) is 18.8 Å². The molecule has 25 heavy (non-hydrogen) atoms. The van der Waals surface area contributed by atoms with Crippen LogP contribution in [-0.2, 0) is 17.9 Å². The maximum absolute atomic E-state index is 13.9. The highest BCUT2D eigenvalue weighted by molar-refractivity contribution is 5.88. The molecule has 3 rings (SSSR count).